The fraction of sp³-hybridized carbons (Fsp3) is 0.259. The van der Waals surface area contributed by atoms with Crippen LogP contribution in [-0.2, 0) is 24.2 Å². The molecule has 8 heteroatoms. The van der Waals surface area contributed by atoms with Crippen LogP contribution in [0, 0.1) is 0 Å². The Morgan fingerprint density at radius 1 is 1.06 bits per heavy atom. The molecule has 0 saturated heterocycles. The Morgan fingerprint density at radius 2 is 1.80 bits per heavy atom. The molecule has 0 aliphatic carbocycles. The monoisotopic (exact) mass is 531 g/mol. The fourth-order valence-electron chi connectivity index (χ4n) is 4.33. The Labute approximate surface area is 219 Å². The third-order valence-electron chi connectivity index (χ3n) is 6.00. The third-order valence-corrected chi connectivity index (χ3v) is 7.11. The van der Waals surface area contributed by atoms with E-state index in [0.717, 1.165) is 16.9 Å². The quantitative estimate of drug-likeness (QED) is 0.350. The van der Waals surface area contributed by atoms with Gasteiger partial charge in [-0.15, -0.1) is 0 Å². The molecule has 0 saturated carbocycles. The molecule has 3 aromatic carbocycles. The summed E-state index contributed by atoms with van der Waals surface area (Å²) < 4.78 is 6.26. The van der Waals surface area contributed by atoms with Crippen LogP contribution < -0.4 is 4.74 Å². The van der Waals surface area contributed by atoms with E-state index in [1.165, 1.54) is 4.90 Å². The molecule has 0 spiro atoms. The number of carbonyl (C=O) groups excluding carboxylic acids is 1. The Bertz CT molecular complexity index is 1260. The summed E-state index contributed by atoms with van der Waals surface area (Å²) in [5.41, 5.74) is 2.71. The van der Waals surface area contributed by atoms with Crippen molar-refractivity contribution in [3.05, 3.63) is 98.0 Å². The van der Waals surface area contributed by atoms with Crippen LogP contribution >= 0.6 is 34.8 Å². The van der Waals surface area contributed by atoms with Crippen LogP contribution in [0.4, 0.5) is 0 Å². The molecule has 1 heterocycles. The Kier molecular flexibility index (Phi) is 7.60. The topological polar surface area (TPSA) is 66.8 Å². The molecule has 0 fully saturated rings. The normalized spacial score (nSPS) is 16.5. The van der Waals surface area contributed by atoms with Gasteiger partial charge in [0.15, 0.2) is 0 Å². The molecule has 1 N–H and O–H groups in total. The van der Waals surface area contributed by atoms with Crippen LogP contribution in [0.1, 0.15) is 40.4 Å². The van der Waals surface area contributed by atoms with E-state index in [4.69, 9.17) is 39.5 Å². The molecular weight excluding hydrogens is 509 g/mol. The predicted octanol–water partition coefficient (Wildman–Crippen LogP) is 6.70. The van der Waals surface area contributed by atoms with E-state index >= 15 is 0 Å². The lowest BCUT2D eigenvalue weighted by molar-refractivity contribution is -0.137. The first kappa shape index (κ1) is 25.4. The smallest absolute Gasteiger partial charge is 0.305 e. The summed E-state index contributed by atoms with van der Waals surface area (Å²) in [5, 5.41) is 10.6. The summed E-state index contributed by atoms with van der Waals surface area (Å²) in [6.07, 6.45) is 1.15. The molecule has 1 aliphatic rings. The van der Waals surface area contributed by atoms with Gasteiger partial charge in [-0.1, -0.05) is 59.1 Å². The van der Waals surface area contributed by atoms with Gasteiger partial charge in [0.25, 0.3) is 5.91 Å². The van der Waals surface area contributed by atoms with Crippen LogP contribution in [0.5, 0.6) is 5.75 Å². The number of aliphatic carboxylic acids is 1. The highest BCUT2D eigenvalue weighted by Gasteiger charge is 2.35. The van der Waals surface area contributed by atoms with Crippen molar-refractivity contribution in [1.29, 1.82) is 0 Å². The van der Waals surface area contributed by atoms with Gasteiger partial charge in [-0.25, -0.2) is 0 Å². The van der Waals surface area contributed by atoms with Gasteiger partial charge in [-0.2, -0.15) is 0 Å². The maximum atomic E-state index is 13.4. The zero-order valence-electron chi connectivity index (χ0n) is 19.1. The standard InChI is InChI=1S/C27H24Cl3NO4/c1-27(14-17-5-8-21(28)9-6-17)15-20-13-18(7-10-23(20)35-27)26(34)31(12-11-24(32)33)16-19-3-2-4-22(29)25(19)30/h2-10,13H,11-12,14-16H2,1H3,(H,32,33). The largest absolute Gasteiger partial charge is 0.487 e. The Morgan fingerprint density at radius 3 is 2.51 bits per heavy atom. The molecule has 4 rings (SSSR count). The summed E-state index contributed by atoms with van der Waals surface area (Å²) in [7, 11) is 0. The second-order valence-corrected chi connectivity index (χ2v) is 10.2. The van der Waals surface area contributed by atoms with Crippen molar-refractivity contribution in [2.45, 2.75) is 38.3 Å². The van der Waals surface area contributed by atoms with Crippen molar-refractivity contribution in [1.82, 2.24) is 4.90 Å². The zero-order valence-corrected chi connectivity index (χ0v) is 21.3. The van der Waals surface area contributed by atoms with Crippen molar-refractivity contribution >= 4 is 46.7 Å². The Balaban J connectivity index is 1.54. The van der Waals surface area contributed by atoms with Crippen LogP contribution in [-0.4, -0.2) is 34.0 Å². The molecule has 182 valence electrons. The minimum atomic E-state index is -0.986. The number of ether oxygens (including phenoxy) is 1. The highest BCUT2D eigenvalue weighted by molar-refractivity contribution is 6.42. The average Bonchev–Trinajstić information content (AvgIpc) is 3.15. The molecule has 0 bridgehead atoms. The van der Waals surface area contributed by atoms with Crippen molar-refractivity contribution in [2.75, 3.05) is 6.54 Å². The molecule has 1 amide bonds. The average molecular weight is 533 g/mol. The summed E-state index contributed by atoms with van der Waals surface area (Å²) in [5.74, 6) is -0.523. The van der Waals surface area contributed by atoms with Gasteiger partial charge < -0.3 is 14.7 Å². The number of amides is 1. The van der Waals surface area contributed by atoms with Gasteiger partial charge in [0, 0.05) is 36.5 Å². The number of hydrogen-bond donors (Lipinski definition) is 1. The lowest BCUT2D eigenvalue weighted by Crippen LogP contribution is -2.33. The van der Waals surface area contributed by atoms with Gasteiger partial charge in [0.1, 0.15) is 11.4 Å². The molecule has 35 heavy (non-hydrogen) atoms. The van der Waals surface area contributed by atoms with E-state index in [1.807, 2.05) is 37.3 Å². The lowest BCUT2D eigenvalue weighted by Gasteiger charge is -2.24. The molecule has 3 aromatic rings. The van der Waals surface area contributed by atoms with E-state index in [1.54, 1.807) is 30.3 Å². The SMILES string of the molecule is CC1(Cc2ccc(Cl)cc2)Cc2cc(C(=O)N(CCC(=O)O)Cc3cccc(Cl)c3Cl)ccc2O1. The van der Waals surface area contributed by atoms with E-state index < -0.39 is 11.6 Å². The Hall–Kier alpha value is -2.73. The van der Waals surface area contributed by atoms with Crippen molar-refractivity contribution in [3.63, 3.8) is 0 Å². The molecule has 1 atom stereocenters. The van der Waals surface area contributed by atoms with E-state index in [-0.39, 0.29) is 25.4 Å². The van der Waals surface area contributed by atoms with Gasteiger partial charge in [0.05, 0.1) is 16.5 Å². The number of carbonyl (C=O) groups is 2. The van der Waals surface area contributed by atoms with Crippen molar-refractivity contribution < 1.29 is 19.4 Å². The summed E-state index contributed by atoms with van der Waals surface area (Å²) >= 11 is 18.5. The van der Waals surface area contributed by atoms with Gasteiger partial charge >= 0.3 is 5.97 Å². The number of carboxylic acid groups (broad SMARTS) is 1. The number of nitrogens with zero attached hydrogens (tertiary/aromatic N) is 1. The first-order valence-corrected chi connectivity index (χ1v) is 12.3. The first-order valence-electron chi connectivity index (χ1n) is 11.1. The molecular formula is C27H24Cl3NO4. The maximum Gasteiger partial charge on any atom is 0.305 e. The van der Waals surface area contributed by atoms with Crippen LogP contribution in [0.25, 0.3) is 0 Å². The number of hydrogen-bond acceptors (Lipinski definition) is 3. The van der Waals surface area contributed by atoms with E-state index in [9.17, 15) is 14.7 Å². The number of carboxylic acids is 1. The molecule has 0 aromatic heterocycles. The molecule has 1 aliphatic heterocycles. The summed E-state index contributed by atoms with van der Waals surface area (Å²) in [4.78, 5) is 26.1. The number of halogens is 3. The number of fused-ring (bicyclic) bond motifs is 1. The van der Waals surface area contributed by atoms with Gasteiger partial charge in [-0.3, -0.25) is 9.59 Å². The van der Waals surface area contributed by atoms with Gasteiger partial charge in [0.2, 0.25) is 0 Å². The minimum absolute atomic E-state index is 0.0406. The number of benzene rings is 3. The van der Waals surface area contributed by atoms with Crippen LogP contribution in [0.15, 0.2) is 60.7 Å². The molecule has 1 unspecified atom stereocenters. The zero-order chi connectivity index (χ0) is 25.2. The third kappa shape index (κ3) is 6.10. The lowest BCUT2D eigenvalue weighted by atomic mass is 9.91. The van der Waals surface area contributed by atoms with Crippen LogP contribution in [0.2, 0.25) is 15.1 Å². The number of rotatable bonds is 8. The first-order chi connectivity index (χ1) is 16.6. The van der Waals surface area contributed by atoms with E-state index in [0.29, 0.717) is 39.0 Å². The maximum absolute atomic E-state index is 13.4. The van der Waals surface area contributed by atoms with Gasteiger partial charge in [-0.05, 0) is 60.0 Å². The highest BCUT2D eigenvalue weighted by Crippen LogP contribution is 2.38. The van der Waals surface area contributed by atoms with E-state index in [2.05, 4.69) is 0 Å². The van der Waals surface area contributed by atoms with Crippen LogP contribution in [0.3, 0.4) is 0 Å². The fourth-order valence-corrected chi connectivity index (χ4v) is 4.83. The second kappa shape index (κ2) is 10.5. The minimum Gasteiger partial charge on any atom is -0.487 e. The summed E-state index contributed by atoms with van der Waals surface area (Å²) in [6, 6.07) is 18.2. The molecule has 0 radical (unpaired) electrons. The van der Waals surface area contributed by atoms with Crippen molar-refractivity contribution in [3.8, 4) is 5.75 Å². The highest BCUT2D eigenvalue weighted by atomic mass is 35.5. The summed E-state index contributed by atoms with van der Waals surface area (Å²) in [6.45, 7) is 2.23. The predicted molar refractivity (Wildman–Crippen MR) is 138 cm³/mol. The molecule has 5 nitrogen and oxygen atoms in total. The second-order valence-electron chi connectivity index (χ2n) is 8.94. The van der Waals surface area contributed by atoms with Crippen molar-refractivity contribution in [2.24, 2.45) is 0 Å².